The van der Waals surface area contributed by atoms with Gasteiger partial charge in [0.1, 0.15) is 24.7 Å². The quantitative estimate of drug-likeness (QED) is 0.341. The van der Waals surface area contributed by atoms with E-state index in [-0.39, 0.29) is 32.9 Å². The van der Waals surface area contributed by atoms with Crippen molar-refractivity contribution in [3.8, 4) is 0 Å². The summed E-state index contributed by atoms with van der Waals surface area (Å²) in [5.74, 6) is -2.74. The van der Waals surface area contributed by atoms with Gasteiger partial charge in [0.25, 0.3) is 5.91 Å². The molecule has 2 saturated heterocycles. The van der Waals surface area contributed by atoms with Crippen molar-refractivity contribution in [1.29, 1.82) is 0 Å². The molecule has 2 heterocycles. The first-order valence-electron chi connectivity index (χ1n) is 10.1. The Morgan fingerprint density at radius 1 is 1.19 bits per heavy atom. The number of carbonyl (C=O) groups is 3. The minimum Gasteiger partial charge on any atom is -0.459 e. The third-order valence-electron chi connectivity index (χ3n) is 5.57. The van der Waals surface area contributed by atoms with Crippen molar-refractivity contribution in [2.24, 2.45) is 5.92 Å². The van der Waals surface area contributed by atoms with Gasteiger partial charge in [-0.3, -0.25) is 9.59 Å². The van der Waals surface area contributed by atoms with E-state index in [0.717, 1.165) is 10.5 Å². The molecule has 10 heteroatoms. The minimum absolute atomic E-state index is 0.0567. The first-order chi connectivity index (χ1) is 14.7. The van der Waals surface area contributed by atoms with Crippen LogP contribution in [0.1, 0.15) is 19.4 Å². The zero-order valence-corrected chi connectivity index (χ0v) is 18.3. The number of rotatable bonds is 9. The van der Waals surface area contributed by atoms with Crippen molar-refractivity contribution < 1.29 is 34.4 Å². The molecule has 0 saturated carbocycles. The van der Waals surface area contributed by atoms with E-state index in [1.165, 1.54) is 16.7 Å². The van der Waals surface area contributed by atoms with E-state index >= 15 is 0 Å². The maximum absolute atomic E-state index is 12.9. The lowest BCUT2D eigenvalue weighted by molar-refractivity contribution is -0.175. The predicted molar refractivity (Wildman–Crippen MR) is 113 cm³/mol. The lowest BCUT2D eigenvalue weighted by Gasteiger charge is -2.45. The van der Waals surface area contributed by atoms with Crippen molar-refractivity contribution in [3.05, 3.63) is 35.9 Å². The molecule has 1 aromatic rings. The van der Waals surface area contributed by atoms with Crippen LogP contribution in [-0.2, 0) is 25.7 Å². The van der Waals surface area contributed by atoms with Crippen molar-refractivity contribution in [1.82, 2.24) is 9.80 Å². The Labute approximate surface area is 185 Å². The molecule has 3 N–H and O–H groups in total. The number of amides is 2. The average Bonchev–Trinajstić information content (AvgIpc) is 2.99. The topological polar surface area (TPSA) is 128 Å². The van der Waals surface area contributed by atoms with Gasteiger partial charge in [0, 0.05) is 17.8 Å². The van der Waals surface area contributed by atoms with Crippen molar-refractivity contribution in [2.75, 3.05) is 26.3 Å². The Kier molecular flexibility index (Phi) is 7.25. The summed E-state index contributed by atoms with van der Waals surface area (Å²) in [6, 6.07) is 8.38. The van der Waals surface area contributed by atoms with Crippen LogP contribution in [0.4, 0.5) is 0 Å². The third-order valence-corrected chi connectivity index (χ3v) is 7.17. The Morgan fingerprint density at radius 3 is 2.39 bits per heavy atom. The second-order valence-electron chi connectivity index (χ2n) is 8.10. The van der Waals surface area contributed by atoms with Crippen molar-refractivity contribution in [2.45, 2.75) is 42.7 Å². The van der Waals surface area contributed by atoms with Crippen LogP contribution in [0.15, 0.2) is 30.3 Å². The molecule has 0 bridgehead atoms. The number of carbonyl (C=O) groups excluding carboxylic acids is 3. The molecular formula is C21H28N2O7S. The van der Waals surface area contributed by atoms with Gasteiger partial charge in [-0.15, -0.1) is 11.8 Å². The van der Waals surface area contributed by atoms with Crippen LogP contribution < -0.4 is 0 Å². The highest BCUT2D eigenvalue weighted by molar-refractivity contribution is 8.01. The molecule has 31 heavy (non-hydrogen) atoms. The first-order valence-corrected chi connectivity index (χ1v) is 11.0. The number of β-lactam (4-membered cyclic amide) rings is 1. The zero-order valence-electron chi connectivity index (χ0n) is 17.5. The molecule has 2 fully saturated rings. The van der Waals surface area contributed by atoms with Crippen LogP contribution in [0.3, 0.4) is 0 Å². The SMILES string of the molecule is CC1(C)S[C@@H]2[C@H]([C@H](O)C(=O)N(CCO)CCO)C(=O)N2[C@H]1C(=O)OCc1ccccc1. The van der Waals surface area contributed by atoms with E-state index < -0.39 is 46.0 Å². The Hall–Kier alpha value is -2.14. The fourth-order valence-corrected chi connectivity index (χ4v) is 5.75. The monoisotopic (exact) mass is 452 g/mol. The maximum atomic E-state index is 12.9. The summed E-state index contributed by atoms with van der Waals surface area (Å²) >= 11 is 1.35. The average molecular weight is 453 g/mol. The van der Waals surface area contributed by atoms with Crippen molar-refractivity contribution >= 4 is 29.5 Å². The van der Waals surface area contributed by atoms with E-state index in [2.05, 4.69) is 0 Å². The van der Waals surface area contributed by atoms with Crippen LogP contribution in [0, 0.1) is 5.92 Å². The summed E-state index contributed by atoms with van der Waals surface area (Å²) in [4.78, 5) is 40.8. The van der Waals surface area contributed by atoms with Gasteiger partial charge in [-0.25, -0.2) is 4.79 Å². The summed E-state index contributed by atoms with van der Waals surface area (Å²) in [7, 11) is 0. The Balaban J connectivity index is 1.69. The molecule has 0 spiro atoms. The van der Waals surface area contributed by atoms with Gasteiger partial charge in [-0.05, 0) is 19.4 Å². The van der Waals surface area contributed by atoms with Crippen LogP contribution in [0.5, 0.6) is 0 Å². The normalized spacial score (nSPS) is 24.9. The summed E-state index contributed by atoms with van der Waals surface area (Å²) in [6.45, 7) is 2.97. The smallest absolute Gasteiger partial charge is 0.330 e. The molecule has 2 amide bonds. The number of benzene rings is 1. The Morgan fingerprint density at radius 2 is 1.81 bits per heavy atom. The van der Waals surface area contributed by atoms with Crippen LogP contribution in [0.25, 0.3) is 0 Å². The van der Waals surface area contributed by atoms with Crippen LogP contribution >= 0.6 is 11.8 Å². The summed E-state index contributed by atoms with van der Waals surface area (Å²) in [5.41, 5.74) is 0.831. The molecule has 0 aromatic heterocycles. The number of aliphatic hydroxyl groups is 3. The molecule has 2 aliphatic rings. The van der Waals surface area contributed by atoms with Crippen LogP contribution in [0.2, 0.25) is 0 Å². The molecule has 0 aliphatic carbocycles. The van der Waals surface area contributed by atoms with E-state index in [4.69, 9.17) is 14.9 Å². The van der Waals surface area contributed by atoms with E-state index in [1.807, 2.05) is 44.2 Å². The molecule has 0 unspecified atom stereocenters. The first kappa shape index (κ1) is 23.5. The van der Waals surface area contributed by atoms with Gasteiger partial charge in [0.2, 0.25) is 5.91 Å². The third kappa shape index (κ3) is 4.57. The number of esters is 1. The molecule has 1 aromatic carbocycles. The van der Waals surface area contributed by atoms with Gasteiger partial charge < -0.3 is 29.9 Å². The summed E-state index contributed by atoms with van der Waals surface area (Å²) < 4.78 is 4.79. The summed E-state index contributed by atoms with van der Waals surface area (Å²) in [5, 5.41) is 28.3. The largest absolute Gasteiger partial charge is 0.459 e. The highest BCUT2D eigenvalue weighted by Gasteiger charge is 2.66. The van der Waals surface area contributed by atoms with Gasteiger partial charge >= 0.3 is 5.97 Å². The summed E-state index contributed by atoms with van der Waals surface area (Å²) in [6.07, 6.45) is -1.62. The number of hydrogen-bond donors (Lipinski definition) is 3. The second-order valence-corrected chi connectivity index (χ2v) is 9.87. The lowest BCUT2D eigenvalue weighted by atomic mass is 9.87. The highest BCUT2D eigenvalue weighted by atomic mass is 32.2. The molecule has 0 radical (unpaired) electrons. The fraction of sp³-hybridized carbons (Fsp3) is 0.571. The van der Waals surface area contributed by atoms with Gasteiger partial charge in [0.05, 0.1) is 18.6 Å². The zero-order chi connectivity index (χ0) is 22.8. The molecule has 3 rings (SSSR count). The maximum Gasteiger partial charge on any atom is 0.330 e. The number of hydrogen-bond acceptors (Lipinski definition) is 8. The Bertz CT molecular complexity index is 813. The molecule has 4 atom stereocenters. The number of ether oxygens (including phenoxy) is 1. The lowest BCUT2D eigenvalue weighted by Crippen LogP contribution is -2.67. The van der Waals surface area contributed by atoms with Gasteiger partial charge in [-0.1, -0.05) is 30.3 Å². The molecular weight excluding hydrogens is 424 g/mol. The predicted octanol–water partition coefficient (Wildman–Crippen LogP) is -0.418. The van der Waals surface area contributed by atoms with Crippen LogP contribution in [-0.4, -0.2) is 91.5 Å². The fourth-order valence-electron chi connectivity index (χ4n) is 4.04. The van der Waals surface area contributed by atoms with Gasteiger partial charge in [-0.2, -0.15) is 0 Å². The number of aliphatic hydroxyl groups excluding tert-OH is 3. The minimum atomic E-state index is -1.62. The standard InChI is InChI=1S/C21H28N2O7S/c1-21(2)16(20(29)30-12-13-6-4-3-5-7-13)23-17(27)14(19(23)31-21)15(26)18(28)22(8-10-24)9-11-25/h3-7,14-16,19,24-26H,8-12H2,1-2H3/t14-,15+,16+,19-/m1/s1. The van der Waals surface area contributed by atoms with E-state index in [1.54, 1.807) is 0 Å². The molecule has 2 aliphatic heterocycles. The number of fused-ring (bicyclic) bond motifs is 1. The van der Waals surface area contributed by atoms with Gasteiger partial charge in [0.15, 0.2) is 0 Å². The molecule has 170 valence electrons. The van der Waals surface area contributed by atoms with Crippen molar-refractivity contribution in [3.63, 3.8) is 0 Å². The number of thioether (sulfide) groups is 1. The van der Waals surface area contributed by atoms with E-state index in [9.17, 15) is 19.5 Å². The number of nitrogens with zero attached hydrogens (tertiary/aromatic N) is 2. The second kappa shape index (κ2) is 9.56. The molecule has 9 nitrogen and oxygen atoms in total. The highest BCUT2D eigenvalue weighted by Crippen LogP contribution is 2.54. The van der Waals surface area contributed by atoms with E-state index in [0.29, 0.717) is 0 Å².